The number of aryl methyl sites for hydroxylation is 1. The standard InChI is InChI=1S/C21H25N3O3S/c1-15-14-16(23-9-11-27-12-10-23)6-7-17(15)22-20(25)18-4-2-8-24(18)21(26)19-5-3-13-28-19/h3,5-7,13-14,18H,2,4,8-12H2,1H3,(H,22,25)/t18-/m0/s1. The van der Waals surface area contributed by atoms with E-state index in [1.807, 2.05) is 36.6 Å². The van der Waals surface area contributed by atoms with Crippen molar-refractivity contribution < 1.29 is 14.3 Å². The number of nitrogens with one attached hydrogen (secondary N) is 1. The van der Waals surface area contributed by atoms with Gasteiger partial charge in [-0.25, -0.2) is 0 Å². The van der Waals surface area contributed by atoms with Gasteiger partial charge in [0.1, 0.15) is 6.04 Å². The molecule has 28 heavy (non-hydrogen) atoms. The first kappa shape index (κ1) is 19.0. The summed E-state index contributed by atoms with van der Waals surface area (Å²) in [5.41, 5.74) is 2.97. The molecule has 2 amide bonds. The minimum Gasteiger partial charge on any atom is -0.378 e. The molecule has 0 aliphatic carbocycles. The molecule has 148 valence electrons. The third-order valence-corrected chi connectivity index (χ3v) is 6.25. The summed E-state index contributed by atoms with van der Waals surface area (Å²) in [6, 6.07) is 9.37. The molecular weight excluding hydrogens is 374 g/mol. The van der Waals surface area contributed by atoms with Crippen molar-refractivity contribution in [3.63, 3.8) is 0 Å². The molecule has 1 aromatic carbocycles. The fraction of sp³-hybridized carbons (Fsp3) is 0.429. The Morgan fingerprint density at radius 1 is 1.18 bits per heavy atom. The number of benzene rings is 1. The van der Waals surface area contributed by atoms with E-state index in [0.717, 1.165) is 49.7 Å². The maximum Gasteiger partial charge on any atom is 0.264 e. The van der Waals surface area contributed by atoms with E-state index in [4.69, 9.17) is 4.74 Å². The van der Waals surface area contributed by atoms with Crippen LogP contribution >= 0.6 is 11.3 Å². The van der Waals surface area contributed by atoms with Crippen LogP contribution in [0, 0.1) is 6.92 Å². The van der Waals surface area contributed by atoms with Crippen molar-refractivity contribution in [1.29, 1.82) is 0 Å². The summed E-state index contributed by atoms with van der Waals surface area (Å²) in [7, 11) is 0. The number of hydrogen-bond acceptors (Lipinski definition) is 5. The molecule has 0 bridgehead atoms. The zero-order chi connectivity index (χ0) is 19.5. The number of thiophene rings is 1. The number of nitrogens with zero attached hydrogens (tertiary/aromatic N) is 2. The van der Waals surface area contributed by atoms with Crippen LogP contribution < -0.4 is 10.2 Å². The monoisotopic (exact) mass is 399 g/mol. The minimum absolute atomic E-state index is 0.0490. The number of ether oxygens (including phenoxy) is 1. The Balaban J connectivity index is 1.44. The zero-order valence-electron chi connectivity index (χ0n) is 16.0. The SMILES string of the molecule is Cc1cc(N2CCOCC2)ccc1NC(=O)[C@@H]1CCCN1C(=O)c1cccs1. The van der Waals surface area contributed by atoms with Crippen LogP contribution in [0.15, 0.2) is 35.7 Å². The number of hydrogen-bond donors (Lipinski definition) is 1. The maximum absolute atomic E-state index is 12.9. The van der Waals surface area contributed by atoms with Gasteiger partial charge in [-0.05, 0) is 55.0 Å². The summed E-state index contributed by atoms with van der Waals surface area (Å²) in [5.74, 6) is -0.156. The number of carbonyl (C=O) groups is 2. The topological polar surface area (TPSA) is 61.9 Å². The summed E-state index contributed by atoms with van der Waals surface area (Å²) in [6.45, 7) is 5.88. The molecule has 3 heterocycles. The van der Waals surface area contributed by atoms with Gasteiger partial charge in [0, 0.05) is 31.0 Å². The van der Waals surface area contributed by atoms with E-state index in [2.05, 4.69) is 16.3 Å². The normalized spacial score (nSPS) is 19.7. The molecule has 6 nitrogen and oxygen atoms in total. The molecule has 2 aliphatic heterocycles. The summed E-state index contributed by atoms with van der Waals surface area (Å²) >= 11 is 1.42. The van der Waals surface area contributed by atoms with Crippen LogP contribution in [0.2, 0.25) is 0 Å². The van der Waals surface area contributed by atoms with Crippen molar-refractivity contribution in [2.75, 3.05) is 43.1 Å². The number of morpholine rings is 1. The maximum atomic E-state index is 12.9. The number of anilines is 2. The average molecular weight is 400 g/mol. The molecule has 1 atom stereocenters. The van der Waals surface area contributed by atoms with Gasteiger partial charge in [0.15, 0.2) is 0 Å². The highest BCUT2D eigenvalue weighted by molar-refractivity contribution is 7.12. The largest absolute Gasteiger partial charge is 0.378 e. The Labute approximate surface area is 169 Å². The van der Waals surface area contributed by atoms with Crippen molar-refractivity contribution in [2.24, 2.45) is 0 Å². The lowest BCUT2D eigenvalue weighted by atomic mass is 10.1. The number of carbonyl (C=O) groups excluding carboxylic acids is 2. The van der Waals surface area contributed by atoms with Crippen LogP contribution in [0.4, 0.5) is 11.4 Å². The molecule has 2 fully saturated rings. The number of rotatable bonds is 4. The van der Waals surface area contributed by atoms with Crippen molar-refractivity contribution in [2.45, 2.75) is 25.8 Å². The van der Waals surface area contributed by atoms with Gasteiger partial charge in [0.05, 0.1) is 18.1 Å². The fourth-order valence-corrected chi connectivity index (χ4v) is 4.53. The second kappa shape index (κ2) is 8.32. The Bertz CT molecular complexity index is 847. The van der Waals surface area contributed by atoms with Crippen LogP contribution in [0.25, 0.3) is 0 Å². The first-order valence-corrected chi connectivity index (χ1v) is 10.6. The predicted octanol–water partition coefficient (Wildman–Crippen LogP) is 3.14. The quantitative estimate of drug-likeness (QED) is 0.858. The van der Waals surface area contributed by atoms with Crippen LogP contribution in [-0.2, 0) is 9.53 Å². The molecule has 0 saturated carbocycles. The van der Waals surface area contributed by atoms with Crippen molar-refractivity contribution in [3.8, 4) is 0 Å². The van der Waals surface area contributed by atoms with Gasteiger partial charge in [-0.2, -0.15) is 0 Å². The Kier molecular flexibility index (Phi) is 5.64. The van der Waals surface area contributed by atoms with Crippen molar-refractivity contribution in [1.82, 2.24) is 4.90 Å². The lowest BCUT2D eigenvalue weighted by molar-refractivity contribution is -0.119. The minimum atomic E-state index is -0.409. The highest BCUT2D eigenvalue weighted by Gasteiger charge is 2.35. The lowest BCUT2D eigenvalue weighted by Gasteiger charge is -2.29. The number of likely N-dealkylation sites (tertiary alicyclic amines) is 1. The predicted molar refractivity (Wildman–Crippen MR) is 111 cm³/mol. The molecule has 2 aliphatic rings. The Morgan fingerprint density at radius 3 is 2.71 bits per heavy atom. The van der Waals surface area contributed by atoms with Crippen molar-refractivity contribution in [3.05, 3.63) is 46.2 Å². The van der Waals surface area contributed by atoms with E-state index in [1.54, 1.807) is 4.90 Å². The molecule has 0 unspecified atom stereocenters. The van der Waals surface area contributed by atoms with Gasteiger partial charge in [0.25, 0.3) is 5.91 Å². The van der Waals surface area contributed by atoms with Gasteiger partial charge in [-0.1, -0.05) is 6.07 Å². The summed E-state index contributed by atoms with van der Waals surface area (Å²) in [4.78, 5) is 30.3. The molecule has 7 heteroatoms. The molecule has 2 aromatic rings. The summed E-state index contributed by atoms with van der Waals surface area (Å²) in [6.07, 6.45) is 1.55. The molecule has 4 rings (SSSR count). The summed E-state index contributed by atoms with van der Waals surface area (Å²) in [5, 5.41) is 4.93. The van der Waals surface area contributed by atoms with E-state index < -0.39 is 6.04 Å². The molecule has 0 radical (unpaired) electrons. The van der Waals surface area contributed by atoms with E-state index in [1.165, 1.54) is 11.3 Å². The molecular formula is C21H25N3O3S. The smallest absolute Gasteiger partial charge is 0.264 e. The summed E-state index contributed by atoms with van der Waals surface area (Å²) < 4.78 is 5.41. The van der Waals surface area contributed by atoms with Crippen LogP contribution in [0.3, 0.4) is 0 Å². The van der Waals surface area contributed by atoms with Gasteiger partial charge < -0.3 is 19.9 Å². The van der Waals surface area contributed by atoms with Gasteiger partial charge in [-0.3, -0.25) is 9.59 Å². The Hall–Kier alpha value is -2.38. The van der Waals surface area contributed by atoms with Crippen LogP contribution in [-0.4, -0.2) is 55.6 Å². The van der Waals surface area contributed by atoms with E-state index >= 15 is 0 Å². The first-order chi connectivity index (χ1) is 13.6. The van der Waals surface area contributed by atoms with Gasteiger partial charge >= 0.3 is 0 Å². The average Bonchev–Trinajstić information content (AvgIpc) is 3.42. The van der Waals surface area contributed by atoms with Gasteiger partial charge in [-0.15, -0.1) is 11.3 Å². The zero-order valence-corrected chi connectivity index (χ0v) is 16.8. The first-order valence-electron chi connectivity index (χ1n) is 9.72. The Morgan fingerprint density at radius 2 is 2.00 bits per heavy atom. The van der Waals surface area contributed by atoms with E-state index in [9.17, 15) is 9.59 Å². The molecule has 0 spiro atoms. The number of amides is 2. The molecule has 1 N–H and O–H groups in total. The van der Waals surface area contributed by atoms with E-state index in [-0.39, 0.29) is 11.8 Å². The third kappa shape index (κ3) is 3.91. The highest BCUT2D eigenvalue weighted by Crippen LogP contribution is 2.26. The van der Waals surface area contributed by atoms with Crippen LogP contribution in [0.1, 0.15) is 28.1 Å². The van der Waals surface area contributed by atoms with Crippen molar-refractivity contribution >= 4 is 34.5 Å². The molecule has 1 aromatic heterocycles. The van der Waals surface area contributed by atoms with E-state index in [0.29, 0.717) is 17.8 Å². The third-order valence-electron chi connectivity index (χ3n) is 5.39. The lowest BCUT2D eigenvalue weighted by Crippen LogP contribution is -2.43. The second-order valence-electron chi connectivity index (χ2n) is 7.22. The van der Waals surface area contributed by atoms with Crippen LogP contribution in [0.5, 0.6) is 0 Å². The highest BCUT2D eigenvalue weighted by atomic mass is 32.1. The second-order valence-corrected chi connectivity index (χ2v) is 8.17. The van der Waals surface area contributed by atoms with Gasteiger partial charge in [0.2, 0.25) is 5.91 Å². The fourth-order valence-electron chi connectivity index (χ4n) is 3.85. The molecule has 2 saturated heterocycles.